The van der Waals surface area contributed by atoms with Crippen LogP contribution in [0.25, 0.3) is 0 Å². The van der Waals surface area contributed by atoms with Gasteiger partial charge in [-0.3, -0.25) is 4.79 Å². The Morgan fingerprint density at radius 2 is 1.88 bits per heavy atom. The molecule has 0 spiro atoms. The van der Waals surface area contributed by atoms with Crippen molar-refractivity contribution in [3.8, 4) is 0 Å². The zero-order valence-electron chi connectivity index (χ0n) is 13.1. The van der Waals surface area contributed by atoms with Crippen molar-refractivity contribution in [1.82, 2.24) is 9.97 Å². The second kappa shape index (κ2) is 7.65. The molecule has 0 atom stereocenters. The van der Waals surface area contributed by atoms with Gasteiger partial charge in [0.2, 0.25) is 5.91 Å². The first-order valence-electron chi connectivity index (χ1n) is 7.19. The van der Waals surface area contributed by atoms with Crippen molar-refractivity contribution >= 4 is 23.4 Å². The number of benzene rings is 1. The molecule has 8 heteroatoms. The maximum atomic E-state index is 12.6. The van der Waals surface area contributed by atoms with E-state index in [0.29, 0.717) is 0 Å². The van der Waals surface area contributed by atoms with E-state index < -0.39 is 11.9 Å². The predicted octanol–water partition coefficient (Wildman–Crippen LogP) is 4.03. The molecule has 128 valence electrons. The van der Waals surface area contributed by atoms with Crippen LogP contribution in [0.5, 0.6) is 0 Å². The maximum Gasteiger partial charge on any atom is 0.433 e. The van der Waals surface area contributed by atoms with Crippen LogP contribution in [-0.2, 0) is 11.0 Å². The molecule has 1 aromatic heterocycles. The predicted molar refractivity (Wildman–Crippen MR) is 86.8 cm³/mol. The summed E-state index contributed by atoms with van der Waals surface area (Å²) in [5.74, 6) is -0.267. The van der Waals surface area contributed by atoms with Crippen molar-refractivity contribution in [2.45, 2.75) is 31.2 Å². The van der Waals surface area contributed by atoms with Crippen LogP contribution in [0.3, 0.4) is 0 Å². The van der Waals surface area contributed by atoms with Crippen LogP contribution in [0, 0.1) is 0 Å². The molecule has 0 aliphatic rings. The Labute approximate surface area is 142 Å². The molecule has 0 radical (unpaired) electrons. The van der Waals surface area contributed by atoms with Gasteiger partial charge in [0.15, 0.2) is 5.16 Å². The standard InChI is InChI=1S/C16H16F3N3OS/c1-11(2)22(12-6-4-3-5-7-12)14(23)10-24-15-20-9-8-13(21-15)16(17,18)19/h3-9,11H,10H2,1-2H3. The lowest BCUT2D eigenvalue weighted by atomic mass is 10.2. The van der Waals surface area contributed by atoms with Crippen LogP contribution in [0.15, 0.2) is 47.8 Å². The number of hydrogen-bond donors (Lipinski definition) is 0. The van der Waals surface area contributed by atoms with Crippen LogP contribution >= 0.6 is 11.8 Å². The monoisotopic (exact) mass is 355 g/mol. The highest BCUT2D eigenvalue weighted by atomic mass is 32.2. The first-order valence-corrected chi connectivity index (χ1v) is 8.17. The summed E-state index contributed by atoms with van der Waals surface area (Å²) in [5, 5.41) is -0.0741. The number of rotatable bonds is 5. The molecule has 0 saturated heterocycles. The summed E-state index contributed by atoms with van der Waals surface area (Å²) >= 11 is 0.886. The number of para-hydroxylation sites is 1. The Bertz CT molecular complexity index is 692. The fourth-order valence-electron chi connectivity index (χ4n) is 2.08. The number of alkyl halides is 3. The fraction of sp³-hybridized carbons (Fsp3) is 0.312. The quantitative estimate of drug-likeness (QED) is 0.600. The highest BCUT2D eigenvalue weighted by Crippen LogP contribution is 2.28. The van der Waals surface area contributed by atoms with E-state index in [1.165, 1.54) is 0 Å². The molecule has 1 heterocycles. The largest absolute Gasteiger partial charge is 0.433 e. The van der Waals surface area contributed by atoms with Gasteiger partial charge < -0.3 is 4.90 Å². The highest BCUT2D eigenvalue weighted by Gasteiger charge is 2.32. The molecule has 1 aromatic carbocycles. The molecule has 0 bridgehead atoms. The van der Waals surface area contributed by atoms with Crippen molar-refractivity contribution in [3.05, 3.63) is 48.3 Å². The first-order chi connectivity index (χ1) is 11.3. The molecule has 24 heavy (non-hydrogen) atoms. The van der Waals surface area contributed by atoms with Crippen molar-refractivity contribution in [2.75, 3.05) is 10.7 Å². The summed E-state index contributed by atoms with van der Waals surface area (Å²) in [5.41, 5.74) is -0.278. The van der Waals surface area contributed by atoms with Crippen LogP contribution < -0.4 is 4.90 Å². The molecule has 0 aliphatic carbocycles. The van der Waals surface area contributed by atoms with E-state index in [1.807, 2.05) is 44.2 Å². The number of amides is 1. The molecule has 4 nitrogen and oxygen atoms in total. The molecule has 0 unspecified atom stereocenters. The number of thioether (sulfide) groups is 1. The van der Waals surface area contributed by atoms with Gasteiger partial charge >= 0.3 is 6.18 Å². The number of carbonyl (C=O) groups excluding carboxylic acids is 1. The zero-order valence-corrected chi connectivity index (χ0v) is 13.9. The number of nitrogens with zero attached hydrogens (tertiary/aromatic N) is 3. The van der Waals surface area contributed by atoms with Crippen molar-refractivity contribution in [2.24, 2.45) is 0 Å². The third-order valence-electron chi connectivity index (χ3n) is 3.07. The van der Waals surface area contributed by atoms with E-state index in [1.54, 1.807) is 4.90 Å². The Balaban J connectivity index is 2.09. The lowest BCUT2D eigenvalue weighted by Crippen LogP contribution is -2.38. The van der Waals surface area contributed by atoms with E-state index in [0.717, 1.165) is 29.7 Å². The second-order valence-electron chi connectivity index (χ2n) is 5.20. The molecule has 0 N–H and O–H groups in total. The molecule has 0 fully saturated rings. The SMILES string of the molecule is CC(C)N(C(=O)CSc1nccc(C(F)(F)F)n1)c1ccccc1. The van der Waals surface area contributed by atoms with Gasteiger partial charge in [-0.05, 0) is 32.0 Å². The van der Waals surface area contributed by atoms with Gasteiger partial charge in [-0.1, -0.05) is 30.0 Å². The smallest absolute Gasteiger partial charge is 0.309 e. The lowest BCUT2D eigenvalue weighted by molar-refractivity contribution is -0.141. The normalized spacial score (nSPS) is 11.6. The molecule has 2 aromatic rings. The number of aromatic nitrogens is 2. The average Bonchev–Trinajstić information content (AvgIpc) is 2.53. The summed E-state index contributed by atoms with van der Waals surface area (Å²) in [4.78, 5) is 21.3. The first kappa shape index (κ1) is 18.3. The number of hydrogen-bond acceptors (Lipinski definition) is 4. The van der Waals surface area contributed by atoms with Crippen LogP contribution in [0.1, 0.15) is 19.5 Å². The molecule has 0 saturated carbocycles. The summed E-state index contributed by atoms with van der Waals surface area (Å²) in [7, 11) is 0. The zero-order chi connectivity index (χ0) is 17.7. The molecule has 0 aliphatic heterocycles. The Hall–Kier alpha value is -2.09. The minimum absolute atomic E-state index is 0.0472. The number of carbonyl (C=O) groups is 1. The summed E-state index contributed by atoms with van der Waals surface area (Å²) in [6.45, 7) is 3.74. The lowest BCUT2D eigenvalue weighted by Gasteiger charge is -2.26. The van der Waals surface area contributed by atoms with Gasteiger partial charge in [-0.15, -0.1) is 0 Å². The summed E-state index contributed by atoms with van der Waals surface area (Å²) < 4.78 is 37.9. The molecular formula is C16H16F3N3OS. The van der Waals surface area contributed by atoms with E-state index in [-0.39, 0.29) is 22.9 Å². The summed E-state index contributed by atoms with van der Waals surface area (Å²) in [6, 6.07) is 9.82. The number of anilines is 1. The second-order valence-corrected chi connectivity index (χ2v) is 6.15. The average molecular weight is 355 g/mol. The summed E-state index contributed by atoms with van der Waals surface area (Å²) in [6.07, 6.45) is -3.49. The Morgan fingerprint density at radius 3 is 2.46 bits per heavy atom. The van der Waals surface area contributed by atoms with E-state index in [4.69, 9.17) is 0 Å². The van der Waals surface area contributed by atoms with Gasteiger partial charge in [0, 0.05) is 17.9 Å². The molecular weight excluding hydrogens is 339 g/mol. The van der Waals surface area contributed by atoms with Gasteiger partial charge in [0.1, 0.15) is 5.69 Å². The van der Waals surface area contributed by atoms with E-state index in [2.05, 4.69) is 9.97 Å². The highest BCUT2D eigenvalue weighted by molar-refractivity contribution is 7.99. The van der Waals surface area contributed by atoms with Crippen LogP contribution in [0.2, 0.25) is 0 Å². The minimum atomic E-state index is -4.53. The van der Waals surface area contributed by atoms with Crippen molar-refractivity contribution in [1.29, 1.82) is 0 Å². The third kappa shape index (κ3) is 4.70. The van der Waals surface area contributed by atoms with Gasteiger partial charge in [0.25, 0.3) is 0 Å². The van der Waals surface area contributed by atoms with Crippen molar-refractivity contribution in [3.63, 3.8) is 0 Å². The molecule has 2 rings (SSSR count). The fourth-order valence-corrected chi connectivity index (χ4v) is 2.77. The Morgan fingerprint density at radius 1 is 1.21 bits per heavy atom. The van der Waals surface area contributed by atoms with Crippen LogP contribution in [0.4, 0.5) is 18.9 Å². The van der Waals surface area contributed by atoms with E-state index in [9.17, 15) is 18.0 Å². The van der Waals surface area contributed by atoms with Gasteiger partial charge in [-0.2, -0.15) is 13.2 Å². The topological polar surface area (TPSA) is 46.1 Å². The number of halogens is 3. The molecule has 1 amide bonds. The third-order valence-corrected chi connectivity index (χ3v) is 3.91. The van der Waals surface area contributed by atoms with E-state index >= 15 is 0 Å². The van der Waals surface area contributed by atoms with Crippen LogP contribution in [-0.4, -0.2) is 27.7 Å². The van der Waals surface area contributed by atoms with Gasteiger partial charge in [-0.25, -0.2) is 9.97 Å². The van der Waals surface area contributed by atoms with Crippen molar-refractivity contribution < 1.29 is 18.0 Å². The van der Waals surface area contributed by atoms with Gasteiger partial charge in [0.05, 0.1) is 5.75 Å². The Kier molecular flexibility index (Phi) is 5.82. The maximum absolute atomic E-state index is 12.6. The minimum Gasteiger partial charge on any atom is -0.309 e.